The minimum absolute atomic E-state index is 0. The molecule has 2 nitrogen and oxygen atoms in total. The van der Waals surface area contributed by atoms with Crippen molar-refractivity contribution in [2.75, 3.05) is 5.75 Å². The maximum absolute atomic E-state index is 8.76. The second-order valence-corrected chi connectivity index (χ2v) is 8.20. The van der Waals surface area contributed by atoms with Gasteiger partial charge < -0.3 is 9.79 Å². The van der Waals surface area contributed by atoms with Crippen LogP contribution in [0.1, 0.15) is 26.2 Å². The molecular formula is C5H13MoO2PS2. The molecule has 0 spiro atoms. The van der Waals surface area contributed by atoms with Crippen molar-refractivity contribution in [3.8, 4) is 0 Å². The molecule has 0 heterocycles. The van der Waals surface area contributed by atoms with E-state index in [1.54, 1.807) is 0 Å². The predicted octanol–water partition coefficient (Wildman–Crippen LogP) is 2.12. The van der Waals surface area contributed by atoms with Crippen LogP contribution in [0.25, 0.3) is 0 Å². The van der Waals surface area contributed by atoms with Crippen LogP contribution in [0.3, 0.4) is 0 Å². The largest absolute Gasteiger partial charge is 0.338 e. The van der Waals surface area contributed by atoms with E-state index in [-0.39, 0.29) is 21.1 Å². The molecule has 0 unspecified atom stereocenters. The van der Waals surface area contributed by atoms with Crippen molar-refractivity contribution < 1.29 is 30.9 Å². The van der Waals surface area contributed by atoms with Gasteiger partial charge in [0.15, 0.2) is 0 Å². The number of hydrogen-bond donors (Lipinski definition) is 2. The summed E-state index contributed by atoms with van der Waals surface area (Å²) in [4.78, 5) is 17.5. The zero-order chi connectivity index (χ0) is 8.04. The van der Waals surface area contributed by atoms with Gasteiger partial charge in [-0.1, -0.05) is 31.1 Å². The van der Waals surface area contributed by atoms with Gasteiger partial charge in [0.05, 0.1) is 0 Å². The molecule has 0 saturated heterocycles. The Labute approximate surface area is 91.3 Å². The molecule has 0 aliphatic heterocycles. The van der Waals surface area contributed by atoms with E-state index in [0.717, 1.165) is 36.4 Å². The van der Waals surface area contributed by atoms with Crippen LogP contribution in [0.2, 0.25) is 0 Å². The minimum Gasteiger partial charge on any atom is -0.338 e. The van der Waals surface area contributed by atoms with Crippen molar-refractivity contribution in [1.29, 1.82) is 0 Å². The molecule has 2 N–H and O–H groups in total. The van der Waals surface area contributed by atoms with Crippen LogP contribution in [-0.2, 0) is 32.9 Å². The van der Waals surface area contributed by atoms with Crippen LogP contribution in [0.4, 0.5) is 0 Å². The molecule has 0 aromatic rings. The van der Waals surface area contributed by atoms with E-state index >= 15 is 0 Å². The zero-order valence-electron chi connectivity index (χ0n) is 6.39. The fraction of sp³-hybridized carbons (Fsp3) is 1.00. The van der Waals surface area contributed by atoms with Crippen molar-refractivity contribution in [3.05, 3.63) is 0 Å². The van der Waals surface area contributed by atoms with E-state index in [0.29, 0.717) is 0 Å². The normalized spacial score (nSPS) is 10.8. The van der Waals surface area contributed by atoms with Crippen molar-refractivity contribution in [3.63, 3.8) is 0 Å². The molecule has 0 aromatic heterocycles. The van der Waals surface area contributed by atoms with E-state index in [2.05, 4.69) is 18.7 Å². The van der Waals surface area contributed by atoms with Crippen LogP contribution < -0.4 is 0 Å². The maximum Gasteiger partial charge on any atom is 0.242 e. The summed E-state index contributed by atoms with van der Waals surface area (Å²) in [6.45, 7) is 2.11. The first-order chi connectivity index (χ1) is 4.56. The molecule has 0 rings (SSSR count). The van der Waals surface area contributed by atoms with Crippen molar-refractivity contribution in [1.82, 2.24) is 0 Å². The summed E-state index contributed by atoms with van der Waals surface area (Å²) < 4.78 is 0. The first-order valence-corrected chi connectivity index (χ1v) is 7.56. The van der Waals surface area contributed by atoms with Crippen LogP contribution in [0.5, 0.6) is 0 Å². The molecule has 6 heteroatoms. The molecule has 0 saturated carbocycles. The Bertz CT molecular complexity index is 128. The Balaban J connectivity index is 0. The van der Waals surface area contributed by atoms with Crippen molar-refractivity contribution in [2.45, 2.75) is 26.2 Å². The van der Waals surface area contributed by atoms with Gasteiger partial charge in [-0.2, -0.15) is 0 Å². The van der Waals surface area contributed by atoms with Crippen molar-refractivity contribution in [2.24, 2.45) is 0 Å². The summed E-state index contributed by atoms with van der Waals surface area (Å²) >= 11 is 5.53. The summed E-state index contributed by atoms with van der Waals surface area (Å²) in [5.74, 6) is 0.776. The van der Waals surface area contributed by atoms with Gasteiger partial charge >= 0.3 is 0 Å². The SMILES string of the molecule is CCCCCSP(O)(O)=S.[Mo]. The molecular weight excluding hydrogens is 283 g/mol. The quantitative estimate of drug-likeness (QED) is 0.463. The topological polar surface area (TPSA) is 40.5 Å². The third kappa shape index (κ3) is 14.5. The Kier molecular flexibility index (Phi) is 11.3. The number of hydrogen-bond acceptors (Lipinski definition) is 2. The molecule has 0 aliphatic carbocycles. The zero-order valence-corrected chi connectivity index (χ0v) is 10.9. The summed E-state index contributed by atoms with van der Waals surface area (Å²) in [5.41, 5.74) is -2.96. The second kappa shape index (κ2) is 8.22. The van der Waals surface area contributed by atoms with Gasteiger partial charge in [0.2, 0.25) is 5.69 Å². The number of unbranched alkanes of at least 4 members (excludes halogenated alkanes) is 2. The van der Waals surface area contributed by atoms with Crippen LogP contribution >= 0.6 is 17.1 Å². The van der Waals surface area contributed by atoms with E-state index < -0.39 is 5.69 Å². The van der Waals surface area contributed by atoms with Gasteiger partial charge in [0.25, 0.3) is 0 Å². The fourth-order valence-corrected chi connectivity index (χ4v) is 2.88. The Morgan fingerprint density at radius 3 is 2.27 bits per heavy atom. The van der Waals surface area contributed by atoms with Crippen LogP contribution in [-0.4, -0.2) is 15.5 Å². The molecule has 11 heavy (non-hydrogen) atoms. The van der Waals surface area contributed by atoms with E-state index in [4.69, 9.17) is 9.79 Å². The van der Waals surface area contributed by atoms with Gasteiger partial charge in [-0.15, -0.1) is 0 Å². The van der Waals surface area contributed by atoms with Gasteiger partial charge in [-0.05, 0) is 18.2 Å². The van der Waals surface area contributed by atoms with E-state index in [9.17, 15) is 0 Å². The maximum atomic E-state index is 8.76. The Morgan fingerprint density at radius 2 is 1.91 bits per heavy atom. The monoisotopic (exact) mass is 298 g/mol. The Hall–Kier alpha value is 1.61. The van der Waals surface area contributed by atoms with Crippen LogP contribution in [0.15, 0.2) is 0 Å². The molecule has 0 aliphatic rings. The summed E-state index contributed by atoms with van der Waals surface area (Å²) in [5, 5.41) is 0. The summed E-state index contributed by atoms with van der Waals surface area (Å²) in [6, 6.07) is 0. The van der Waals surface area contributed by atoms with E-state index in [1.807, 2.05) is 0 Å². The second-order valence-electron chi connectivity index (χ2n) is 2.03. The molecule has 0 aromatic carbocycles. The third-order valence-electron chi connectivity index (χ3n) is 1.01. The third-order valence-corrected chi connectivity index (χ3v) is 4.32. The summed E-state index contributed by atoms with van der Waals surface area (Å²) in [6.07, 6.45) is 3.32. The molecule has 0 fully saturated rings. The average Bonchev–Trinajstić information content (AvgIpc) is 1.78. The fourth-order valence-electron chi connectivity index (χ4n) is 0.536. The predicted molar refractivity (Wildman–Crippen MR) is 50.7 cm³/mol. The van der Waals surface area contributed by atoms with Gasteiger partial charge in [0, 0.05) is 26.8 Å². The van der Waals surface area contributed by atoms with Gasteiger partial charge in [-0.25, -0.2) is 0 Å². The first-order valence-electron chi connectivity index (χ1n) is 3.26. The minimum atomic E-state index is -2.96. The molecule has 68 valence electrons. The Morgan fingerprint density at radius 1 is 1.36 bits per heavy atom. The van der Waals surface area contributed by atoms with Gasteiger partial charge in [0.1, 0.15) is 0 Å². The molecule has 0 amide bonds. The molecule has 0 bridgehead atoms. The average molecular weight is 296 g/mol. The smallest absolute Gasteiger partial charge is 0.242 e. The molecule has 0 radical (unpaired) electrons. The first kappa shape index (κ1) is 15.1. The van der Waals surface area contributed by atoms with Crippen LogP contribution in [0, 0.1) is 0 Å². The number of rotatable bonds is 5. The summed E-state index contributed by atoms with van der Waals surface area (Å²) in [7, 11) is 0. The van der Waals surface area contributed by atoms with Gasteiger partial charge in [-0.3, -0.25) is 0 Å². The molecule has 0 atom stereocenters. The van der Waals surface area contributed by atoms with Crippen molar-refractivity contribution >= 4 is 28.9 Å². The van der Waals surface area contributed by atoms with E-state index in [1.165, 1.54) is 0 Å². The standard InChI is InChI=1S/C5H13O2PS2.Mo/c1-2-3-4-5-10-8(6,7)9;/h2-5H2,1H3,(H2,6,7,9);.